The molecule has 0 amide bonds. The Morgan fingerprint density at radius 3 is 2.45 bits per heavy atom. The fourth-order valence-corrected chi connectivity index (χ4v) is 2.81. The van der Waals surface area contributed by atoms with E-state index in [1.807, 2.05) is 0 Å². The molecule has 1 aliphatic carbocycles. The molecule has 0 spiro atoms. The highest BCUT2D eigenvalue weighted by Gasteiger charge is 2.11. The molecular formula is C26H39NO2. The minimum absolute atomic E-state index is 0.279. The maximum Gasteiger partial charge on any atom is 0.338 e. The molecular weight excluding hydrogens is 358 g/mol. The zero-order chi connectivity index (χ0) is 21.7. The molecule has 2 rings (SSSR count). The van der Waals surface area contributed by atoms with E-state index < -0.39 is 0 Å². The fourth-order valence-electron chi connectivity index (χ4n) is 2.81. The van der Waals surface area contributed by atoms with E-state index in [1.54, 1.807) is 24.3 Å². The van der Waals surface area contributed by atoms with Gasteiger partial charge in [-0.15, -0.1) is 0 Å². The number of carbonyl (C=O) groups excluding carboxylic acids is 1. The number of nitrogen functional groups attached to an aromatic ring is 1. The van der Waals surface area contributed by atoms with Gasteiger partial charge in [0.1, 0.15) is 0 Å². The van der Waals surface area contributed by atoms with Crippen molar-refractivity contribution in [2.75, 3.05) is 12.3 Å². The number of unbranched alkanes of at least 4 members (excludes halogenated alkanes) is 1. The molecule has 29 heavy (non-hydrogen) atoms. The topological polar surface area (TPSA) is 52.3 Å². The quantitative estimate of drug-likeness (QED) is 0.252. The summed E-state index contributed by atoms with van der Waals surface area (Å²) in [5.41, 5.74) is 10.0. The zero-order valence-corrected chi connectivity index (χ0v) is 19.0. The van der Waals surface area contributed by atoms with E-state index in [-0.39, 0.29) is 5.97 Å². The van der Waals surface area contributed by atoms with Gasteiger partial charge in [-0.2, -0.15) is 0 Å². The Morgan fingerprint density at radius 2 is 1.79 bits per heavy atom. The molecule has 0 saturated heterocycles. The molecule has 2 N–H and O–H groups in total. The Balaban J connectivity index is 0.000000291. The maximum absolute atomic E-state index is 11.4. The van der Waals surface area contributed by atoms with Gasteiger partial charge in [-0.3, -0.25) is 0 Å². The summed E-state index contributed by atoms with van der Waals surface area (Å²) >= 11 is 0. The molecule has 0 heterocycles. The number of rotatable bonds is 4. The van der Waals surface area contributed by atoms with E-state index in [0.717, 1.165) is 25.7 Å². The normalized spacial score (nSPS) is 16.4. The number of ether oxygens (including phenoxy) is 1. The minimum Gasteiger partial charge on any atom is -0.462 e. The summed E-state index contributed by atoms with van der Waals surface area (Å²) in [7, 11) is 0. The first-order valence-electron chi connectivity index (χ1n) is 10.7. The van der Waals surface area contributed by atoms with Crippen LogP contribution in [0.2, 0.25) is 0 Å². The highest BCUT2D eigenvalue weighted by Crippen LogP contribution is 2.25. The van der Waals surface area contributed by atoms with Crippen molar-refractivity contribution in [2.24, 2.45) is 5.41 Å². The third-order valence-corrected chi connectivity index (χ3v) is 4.89. The van der Waals surface area contributed by atoms with E-state index in [4.69, 9.17) is 10.5 Å². The van der Waals surface area contributed by atoms with Gasteiger partial charge in [0, 0.05) is 5.69 Å². The van der Waals surface area contributed by atoms with Crippen molar-refractivity contribution in [3.05, 3.63) is 65.3 Å². The van der Waals surface area contributed by atoms with E-state index >= 15 is 0 Å². The summed E-state index contributed by atoms with van der Waals surface area (Å²) in [6.45, 7) is 11.6. The van der Waals surface area contributed by atoms with Crippen LogP contribution in [-0.4, -0.2) is 12.6 Å². The molecule has 1 aromatic carbocycles. The largest absolute Gasteiger partial charge is 0.462 e. The standard InChI is InChI=1S/C15H24.C11H15NO2/c1-13-7-5-8-14(2)10-12-15(3,4)11-6-9-13;1-2-3-8-14-11(13)9-4-6-10(12)7-5-9/h6-7,10-11H,5,8-9,12H2,1-4H3;4-7H,2-3,8,12H2,1H3. The van der Waals surface area contributed by atoms with Crippen LogP contribution in [0.25, 0.3) is 0 Å². The first-order chi connectivity index (χ1) is 13.7. The minimum atomic E-state index is -0.279. The summed E-state index contributed by atoms with van der Waals surface area (Å²) in [6.07, 6.45) is 16.1. The van der Waals surface area contributed by atoms with Gasteiger partial charge >= 0.3 is 5.97 Å². The second kappa shape index (κ2) is 13.0. The van der Waals surface area contributed by atoms with Gasteiger partial charge in [-0.1, -0.05) is 62.6 Å². The van der Waals surface area contributed by atoms with Gasteiger partial charge in [0.15, 0.2) is 0 Å². The summed E-state index contributed by atoms with van der Waals surface area (Å²) < 4.78 is 5.03. The second-order valence-electron chi connectivity index (χ2n) is 8.55. The number of nitrogens with two attached hydrogens (primary N) is 1. The van der Waals surface area contributed by atoms with Gasteiger partial charge in [-0.05, 0) is 75.6 Å². The van der Waals surface area contributed by atoms with Crippen LogP contribution in [0, 0.1) is 5.41 Å². The second-order valence-corrected chi connectivity index (χ2v) is 8.55. The maximum atomic E-state index is 11.4. The van der Waals surface area contributed by atoms with Gasteiger partial charge in [0.05, 0.1) is 12.2 Å². The molecule has 3 heteroatoms. The first-order valence-corrected chi connectivity index (χ1v) is 10.7. The summed E-state index contributed by atoms with van der Waals surface area (Å²) in [5, 5.41) is 0. The Hall–Kier alpha value is -2.29. The Labute approximate surface area is 177 Å². The lowest BCUT2D eigenvalue weighted by molar-refractivity contribution is 0.0500. The molecule has 1 aliphatic rings. The van der Waals surface area contributed by atoms with Crippen LogP contribution in [0.5, 0.6) is 0 Å². The molecule has 0 radical (unpaired) electrons. The zero-order valence-electron chi connectivity index (χ0n) is 19.0. The summed E-state index contributed by atoms with van der Waals surface area (Å²) in [4.78, 5) is 11.4. The van der Waals surface area contributed by atoms with Crippen LogP contribution in [0.15, 0.2) is 59.7 Å². The van der Waals surface area contributed by atoms with Crippen molar-refractivity contribution in [3.8, 4) is 0 Å². The highest BCUT2D eigenvalue weighted by atomic mass is 16.5. The van der Waals surface area contributed by atoms with Crippen LogP contribution in [0.4, 0.5) is 5.69 Å². The number of carbonyl (C=O) groups is 1. The van der Waals surface area contributed by atoms with Gasteiger partial charge < -0.3 is 10.5 Å². The lowest BCUT2D eigenvalue weighted by Crippen LogP contribution is -2.06. The number of esters is 1. The van der Waals surface area contributed by atoms with E-state index in [0.29, 0.717) is 23.3 Å². The van der Waals surface area contributed by atoms with E-state index in [1.165, 1.54) is 24.0 Å². The van der Waals surface area contributed by atoms with E-state index in [2.05, 4.69) is 58.9 Å². The molecule has 0 bridgehead atoms. The lowest BCUT2D eigenvalue weighted by atomic mass is 9.87. The van der Waals surface area contributed by atoms with Crippen molar-refractivity contribution in [3.63, 3.8) is 0 Å². The molecule has 0 fully saturated rings. The van der Waals surface area contributed by atoms with Gasteiger partial charge in [0.25, 0.3) is 0 Å². The van der Waals surface area contributed by atoms with Crippen molar-refractivity contribution < 1.29 is 9.53 Å². The summed E-state index contributed by atoms with van der Waals surface area (Å²) in [6, 6.07) is 6.72. The smallest absolute Gasteiger partial charge is 0.338 e. The average Bonchev–Trinajstić information content (AvgIpc) is 2.69. The monoisotopic (exact) mass is 397 g/mol. The van der Waals surface area contributed by atoms with Gasteiger partial charge in [0.2, 0.25) is 0 Å². The number of allylic oxidation sites excluding steroid dienone is 6. The fraction of sp³-hybridized carbons (Fsp3) is 0.500. The predicted molar refractivity (Wildman–Crippen MR) is 125 cm³/mol. The number of benzene rings is 1. The molecule has 0 atom stereocenters. The predicted octanol–water partition coefficient (Wildman–Crippen LogP) is 7.26. The third kappa shape index (κ3) is 11.3. The van der Waals surface area contributed by atoms with Crippen LogP contribution < -0.4 is 5.73 Å². The van der Waals surface area contributed by atoms with Crippen molar-refractivity contribution in [1.82, 2.24) is 0 Å². The van der Waals surface area contributed by atoms with Crippen LogP contribution in [0.3, 0.4) is 0 Å². The molecule has 0 unspecified atom stereocenters. The summed E-state index contributed by atoms with van der Waals surface area (Å²) in [5.74, 6) is -0.279. The van der Waals surface area contributed by atoms with Crippen LogP contribution in [-0.2, 0) is 4.74 Å². The molecule has 160 valence electrons. The van der Waals surface area contributed by atoms with Crippen molar-refractivity contribution in [2.45, 2.75) is 73.1 Å². The molecule has 0 saturated carbocycles. The molecule has 0 aromatic heterocycles. The van der Waals surface area contributed by atoms with Crippen molar-refractivity contribution >= 4 is 11.7 Å². The molecule has 0 aliphatic heterocycles. The highest BCUT2D eigenvalue weighted by molar-refractivity contribution is 5.89. The Bertz CT molecular complexity index is 709. The molecule has 3 nitrogen and oxygen atoms in total. The van der Waals surface area contributed by atoms with Crippen molar-refractivity contribution in [1.29, 1.82) is 0 Å². The van der Waals surface area contributed by atoms with Gasteiger partial charge in [-0.25, -0.2) is 4.79 Å². The SMILES string of the molecule is CC1=CCCC(C)=CCC(C)(C)C=CC1.CCCCOC(=O)c1ccc(N)cc1. The number of anilines is 1. The Kier molecular flexibility index (Phi) is 11.1. The lowest BCUT2D eigenvalue weighted by Gasteiger charge is -2.18. The van der Waals surface area contributed by atoms with Crippen LogP contribution in [0.1, 0.15) is 83.5 Å². The number of hydrogen-bond donors (Lipinski definition) is 1. The van der Waals surface area contributed by atoms with E-state index in [9.17, 15) is 4.79 Å². The average molecular weight is 398 g/mol. The third-order valence-electron chi connectivity index (χ3n) is 4.89. The molecule has 1 aromatic rings. The number of hydrogen-bond acceptors (Lipinski definition) is 3. The van der Waals surface area contributed by atoms with Crippen LogP contribution >= 0.6 is 0 Å². The Morgan fingerprint density at radius 1 is 1.10 bits per heavy atom. The first kappa shape index (κ1) is 24.7.